The first-order chi connectivity index (χ1) is 10.9. The van der Waals surface area contributed by atoms with Gasteiger partial charge in [0, 0.05) is 17.8 Å². The maximum Gasteiger partial charge on any atom is 0.234 e. The lowest BCUT2D eigenvalue weighted by atomic mass is 10.00. The van der Waals surface area contributed by atoms with E-state index in [0.29, 0.717) is 13.1 Å². The Labute approximate surface area is 138 Å². The van der Waals surface area contributed by atoms with Gasteiger partial charge in [0.15, 0.2) is 0 Å². The average molecular weight is 314 g/mol. The highest BCUT2D eigenvalue weighted by molar-refractivity contribution is 5.78. The van der Waals surface area contributed by atoms with Gasteiger partial charge in [-0.2, -0.15) is 5.10 Å². The van der Waals surface area contributed by atoms with Crippen molar-refractivity contribution in [2.75, 3.05) is 13.6 Å². The summed E-state index contributed by atoms with van der Waals surface area (Å²) >= 11 is 0. The van der Waals surface area contributed by atoms with Gasteiger partial charge in [-0.1, -0.05) is 23.8 Å². The average Bonchev–Trinajstić information content (AvgIpc) is 2.86. The zero-order chi connectivity index (χ0) is 17.0. The minimum Gasteiger partial charge on any atom is -0.348 e. The predicted octanol–water partition coefficient (Wildman–Crippen LogP) is 2.64. The number of likely N-dealkylation sites (N-methyl/N-ethyl adjacent to an activating group) is 1. The molecule has 1 atom stereocenters. The van der Waals surface area contributed by atoms with Crippen LogP contribution in [-0.2, 0) is 11.3 Å². The first-order valence-corrected chi connectivity index (χ1v) is 7.90. The number of H-pyrrole nitrogens is 1. The zero-order valence-electron chi connectivity index (χ0n) is 14.6. The molecule has 124 valence electrons. The summed E-state index contributed by atoms with van der Waals surface area (Å²) in [5, 5.41) is 10.0. The van der Waals surface area contributed by atoms with Crippen molar-refractivity contribution < 1.29 is 4.79 Å². The SMILES string of the molecule is Cc1ccc(C)c([C@@H](C)NC(=O)CN(C)Cc2cn[nH]c2C)c1. The Kier molecular flexibility index (Phi) is 5.55. The summed E-state index contributed by atoms with van der Waals surface area (Å²) in [6, 6.07) is 6.33. The van der Waals surface area contributed by atoms with E-state index in [1.165, 1.54) is 16.7 Å². The van der Waals surface area contributed by atoms with Crippen molar-refractivity contribution >= 4 is 5.91 Å². The van der Waals surface area contributed by atoms with E-state index in [1.54, 1.807) is 0 Å². The first kappa shape index (κ1) is 17.2. The van der Waals surface area contributed by atoms with Crippen LogP contribution < -0.4 is 5.32 Å². The van der Waals surface area contributed by atoms with Crippen LogP contribution >= 0.6 is 0 Å². The zero-order valence-corrected chi connectivity index (χ0v) is 14.6. The summed E-state index contributed by atoms with van der Waals surface area (Å²) in [5.41, 5.74) is 5.74. The molecule has 2 N–H and O–H groups in total. The Balaban J connectivity index is 1.91. The van der Waals surface area contributed by atoms with Crippen LogP contribution in [0.5, 0.6) is 0 Å². The Bertz CT molecular complexity index is 677. The molecule has 0 fully saturated rings. The number of aromatic amines is 1. The van der Waals surface area contributed by atoms with E-state index in [-0.39, 0.29) is 11.9 Å². The van der Waals surface area contributed by atoms with Crippen LogP contribution in [0.1, 0.15) is 40.9 Å². The summed E-state index contributed by atoms with van der Waals surface area (Å²) < 4.78 is 0. The quantitative estimate of drug-likeness (QED) is 0.861. The second-order valence-corrected chi connectivity index (χ2v) is 6.34. The topological polar surface area (TPSA) is 61.0 Å². The molecule has 0 saturated carbocycles. The number of nitrogens with zero attached hydrogens (tertiary/aromatic N) is 2. The Morgan fingerprint density at radius 2 is 2.09 bits per heavy atom. The van der Waals surface area contributed by atoms with Gasteiger partial charge in [0.25, 0.3) is 0 Å². The van der Waals surface area contributed by atoms with Gasteiger partial charge in [0.05, 0.1) is 18.8 Å². The molecule has 2 rings (SSSR count). The van der Waals surface area contributed by atoms with Gasteiger partial charge in [-0.05, 0) is 45.9 Å². The largest absolute Gasteiger partial charge is 0.348 e. The third-order valence-electron chi connectivity index (χ3n) is 4.07. The Hall–Kier alpha value is -2.14. The number of carbonyl (C=O) groups excluding carboxylic acids is 1. The van der Waals surface area contributed by atoms with Gasteiger partial charge in [-0.25, -0.2) is 0 Å². The highest BCUT2D eigenvalue weighted by atomic mass is 16.2. The molecule has 0 spiro atoms. The highest BCUT2D eigenvalue weighted by Gasteiger charge is 2.14. The van der Waals surface area contributed by atoms with E-state index < -0.39 is 0 Å². The van der Waals surface area contributed by atoms with E-state index in [9.17, 15) is 4.79 Å². The van der Waals surface area contributed by atoms with Crippen LogP contribution in [0.15, 0.2) is 24.4 Å². The lowest BCUT2D eigenvalue weighted by Gasteiger charge is -2.20. The number of carbonyl (C=O) groups is 1. The van der Waals surface area contributed by atoms with E-state index in [4.69, 9.17) is 0 Å². The normalized spacial score (nSPS) is 12.4. The van der Waals surface area contributed by atoms with Crippen LogP contribution in [0.25, 0.3) is 0 Å². The van der Waals surface area contributed by atoms with Crippen LogP contribution in [0.3, 0.4) is 0 Å². The van der Waals surface area contributed by atoms with Gasteiger partial charge in [-0.15, -0.1) is 0 Å². The van der Waals surface area contributed by atoms with Crippen molar-refractivity contribution in [3.05, 3.63) is 52.3 Å². The van der Waals surface area contributed by atoms with Crippen molar-refractivity contribution in [1.82, 2.24) is 20.4 Å². The van der Waals surface area contributed by atoms with Gasteiger partial charge in [0.2, 0.25) is 5.91 Å². The molecule has 1 aromatic carbocycles. The van der Waals surface area contributed by atoms with Crippen molar-refractivity contribution in [3.63, 3.8) is 0 Å². The van der Waals surface area contributed by atoms with E-state index >= 15 is 0 Å². The van der Waals surface area contributed by atoms with Gasteiger partial charge in [-0.3, -0.25) is 14.8 Å². The third-order valence-corrected chi connectivity index (χ3v) is 4.07. The fourth-order valence-electron chi connectivity index (χ4n) is 2.72. The molecular formula is C18H26N4O. The van der Waals surface area contributed by atoms with Gasteiger partial charge in [0.1, 0.15) is 0 Å². The number of rotatable bonds is 6. The molecule has 0 aliphatic heterocycles. The van der Waals surface area contributed by atoms with Crippen LogP contribution in [0, 0.1) is 20.8 Å². The van der Waals surface area contributed by atoms with Crippen molar-refractivity contribution in [2.45, 2.75) is 40.3 Å². The minimum atomic E-state index is 0.00598. The number of benzene rings is 1. The highest BCUT2D eigenvalue weighted by Crippen LogP contribution is 2.18. The smallest absolute Gasteiger partial charge is 0.234 e. The molecular weight excluding hydrogens is 288 g/mol. The number of hydrogen-bond acceptors (Lipinski definition) is 3. The molecule has 0 bridgehead atoms. The van der Waals surface area contributed by atoms with Crippen molar-refractivity contribution in [1.29, 1.82) is 0 Å². The fourth-order valence-corrected chi connectivity index (χ4v) is 2.72. The Morgan fingerprint density at radius 3 is 2.74 bits per heavy atom. The van der Waals surface area contributed by atoms with Gasteiger partial charge >= 0.3 is 0 Å². The molecule has 5 nitrogen and oxygen atoms in total. The minimum absolute atomic E-state index is 0.00598. The van der Waals surface area contributed by atoms with Crippen molar-refractivity contribution in [2.24, 2.45) is 0 Å². The lowest BCUT2D eigenvalue weighted by Crippen LogP contribution is -2.36. The molecule has 0 aliphatic rings. The first-order valence-electron chi connectivity index (χ1n) is 7.90. The molecule has 2 aromatic rings. The lowest BCUT2D eigenvalue weighted by molar-refractivity contribution is -0.122. The Morgan fingerprint density at radius 1 is 1.35 bits per heavy atom. The van der Waals surface area contributed by atoms with Crippen LogP contribution in [-0.4, -0.2) is 34.6 Å². The molecule has 0 aliphatic carbocycles. The van der Waals surface area contributed by atoms with E-state index in [0.717, 1.165) is 11.3 Å². The predicted molar refractivity (Wildman–Crippen MR) is 92.1 cm³/mol. The summed E-state index contributed by atoms with van der Waals surface area (Å²) in [7, 11) is 1.94. The number of hydrogen-bond donors (Lipinski definition) is 2. The molecule has 1 amide bonds. The number of nitrogens with one attached hydrogen (secondary N) is 2. The second-order valence-electron chi connectivity index (χ2n) is 6.34. The maximum absolute atomic E-state index is 12.3. The summed E-state index contributed by atoms with van der Waals surface area (Å²) in [6.45, 7) is 9.22. The summed E-state index contributed by atoms with van der Waals surface area (Å²) in [5.74, 6) is 0.0297. The number of aryl methyl sites for hydroxylation is 3. The molecule has 0 unspecified atom stereocenters. The molecule has 1 aromatic heterocycles. The number of amides is 1. The monoisotopic (exact) mass is 314 g/mol. The molecule has 5 heteroatoms. The van der Waals surface area contributed by atoms with Gasteiger partial charge < -0.3 is 5.32 Å². The van der Waals surface area contributed by atoms with Crippen LogP contribution in [0.4, 0.5) is 0 Å². The summed E-state index contributed by atoms with van der Waals surface area (Å²) in [6.07, 6.45) is 1.81. The standard InChI is InChI=1S/C18H26N4O/c1-12-6-7-13(2)17(8-12)15(4)20-18(23)11-22(5)10-16-9-19-21-14(16)3/h6-9,15H,10-11H2,1-5H3,(H,19,21)(H,20,23)/t15-/m1/s1. The molecule has 0 saturated heterocycles. The van der Waals surface area contributed by atoms with Crippen molar-refractivity contribution in [3.8, 4) is 0 Å². The fraction of sp³-hybridized carbons (Fsp3) is 0.444. The second kappa shape index (κ2) is 7.42. The third kappa shape index (κ3) is 4.66. The van der Waals surface area contributed by atoms with E-state index in [2.05, 4.69) is 47.6 Å². The summed E-state index contributed by atoms with van der Waals surface area (Å²) in [4.78, 5) is 14.3. The van der Waals surface area contributed by atoms with E-state index in [1.807, 2.05) is 32.0 Å². The molecule has 1 heterocycles. The maximum atomic E-state index is 12.3. The molecule has 23 heavy (non-hydrogen) atoms. The number of aromatic nitrogens is 2. The molecule has 0 radical (unpaired) electrons. The van der Waals surface area contributed by atoms with Crippen LogP contribution in [0.2, 0.25) is 0 Å².